The second-order valence-corrected chi connectivity index (χ2v) is 8.41. The molecule has 17 heavy (non-hydrogen) atoms. The van der Waals surface area contributed by atoms with Crippen LogP contribution >= 0.6 is 0 Å². The first-order chi connectivity index (χ1) is 8.24. The van der Waals surface area contributed by atoms with Gasteiger partial charge in [0, 0.05) is 27.4 Å². The van der Waals surface area contributed by atoms with Gasteiger partial charge in [-0.15, -0.1) is 0 Å². The molecular formula is C10H26O5Si2. The van der Waals surface area contributed by atoms with Crippen LogP contribution in [0.2, 0.25) is 12.1 Å². The second kappa shape index (κ2) is 11.3. The van der Waals surface area contributed by atoms with E-state index in [2.05, 4.69) is 0 Å². The molecule has 0 aromatic heterocycles. The topological polar surface area (TPSA) is 57.2 Å². The predicted octanol–water partition coefficient (Wildman–Crippen LogP) is 0.546. The van der Waals surface area contributed by atoms with E-state index in [9.17, 15) is 0 Å². The first-order valence-electron chi connectivity index (χ1n) is 6.08. The highest BCUT2D eigenvalue weighted by Gasteiger charge is 2.36. The SMILES string of the molecule is CO[Si](CCCCC[SiH2]OCCO)(OC)OC. The summed E-state index contributed by atoms with van der Waals surface area (Å²) in [6, 6.07) is 2.04. The van der Waals surface area contributed by atoms with Crippen molar-refractivity contribution in [3.8, 4) is 0 Å². The van der Waals surface area contributed by atoms with Gasteiger partial charge in [-0.1, -0.05) is 12.8 Å². The number of hydrogen-bond acceptors (Lipinski definition) is 5. The Kier molecular flexibility index (Phi) is 11.5. The van der Waals surface area contributed by atoms with E-state index in [1.807, 2.05) is 0 Å². The van der Waals surface area contributed by atoms with Gasteiger partial charge in [0.1, 0.15) is 0 Å². The maximum absolute atomic E-state index is 8.54. The molecule has 104 valence electrons. The molecule has 0 saturated heterocycles. The standard InChI is InChI=1S/C10H26O5Si2/c1-12-17(13-2,14-3)10-6-4-5-9-16-15-8-7-11/h11H,4-10,16H2,1-3H3. The van der Waals surface area contributed by atoms with Gasteiger partial charge in [0.2, 0.25) is 0 Å². The number of aliphatic hydroxyl groups is 1. The summed E-state index contributed by atoms with van der Waals surface area (Å²) in [5, 5.41) is 8.54. The lowest BCUT2D eigenvalue weighted by Crippen LogP contribution is -2.42. The van der Waals surface area contributed by atoms with E-state index in [1.165, 1.54) is 12.5 Å². The van der Waals surface area contributed by atoms with Crippen molar-refractivity contribution in [2.75, 3.05) is 34.5 Å². The van der Waals surface area contributed by atoms with Crippen molar-refractivity contribution in [3.05, 3.63) is 0 Å². The average Bonchev–Trinajstić information content (AvgIpc) is 2.38. The Hall–Kier alpha value is 0.234. The minimum Gasteiger partial charge on any atom is -0.422 e. The number of aliphatic hydroxyl groups excluding tert-OH is 1. The van der Waals surface area contributed by atoms with Gasteiger partial charge < -0.3 is 22.8 Å². The lowest BCUT2D eigenvalue weighted by molar-refractivity contribution is 0.123. The summed E-state index contributed by atoms with van der Waals surface area (Å²) in [6.45, 7) is 0.635. The lowest BCUT2D eigenvalue weighted by Gasteiger charge is -2.24. The van der Waals surface area contributed by atoms with Crippen molar-refractivity contribution in [3.63, 3.8) is 0 Å². The van der Waals surface area contributed by atoms with Gasteiger partial charge >= 0.3 is 8.80 Å². The van der Waals surface area contributed by atoms with Gasteiger partial charge in [0.05, 0.1) is 13.2 Å². The molecule has 0 aliphatic rings. The second-order valence-electron chi connectivity index (χ2n) is 3.80. The third-order valence-corrected chi connectivity index (χ3v) is 6.89. The lowest BCUT2D eigenvalue weighted by atomic mass is 10.3. The van der Waals surface area contributed by atoms with E-state index in [0.717, 1.165) is 18.9 Å². The predicted molar refractivity (Wildman–Crippen MR) is 71.8 cm³/mol. The fourth-order valence-corrected chi connectivity index (χ4v) is 4.51. The van der Waals surface area contributed by atoms with Crippen molar-refractivity contribution < 1.29 is 22.8 Å². The van der Waals surface area contributed by atoms with Crippen LogP contribution in [0.4, 0.5) is 0 Å². The van der Waals surface area contributed by atoms with E-state index in [1.54, 1.807) is 21.3 Å². The van der Waals surface area contributed by atoms with Gasteiger partial charge in [-0.2, -0.15) is 0 Å². The van der Waals surface area contributed by atoms with E-state index in [0.29, 0.717) is 6.61 Å². The first kappa shape index (κ1) is 17.2. The summed E-state index contributed by atoms with van der Waals surface area (Å²) in [6.07, 6.45) is 3.40. The summed E-state index contributed by atoms with van der Waals surface area (Å²) in [5.74, 6) is 0. The average molecular weight is 282 g/mol. The van der Waals surface area contributed by atoms with Crippen LogP contribution in [0.15, 0.2) is 0 Å². The van der Waals surface area contributed by atoms with Crippen LogP contribution in [0, 0.1) is 0 Å². The van der Waals surface area contributed by atoms with Crippen LogP contribution in [0.25, 0.3) is 0 Å². The minimum atomic E-state index is -2.35. The molecule has 0 heterocycles. The normalized spacial score (nSPS) is 12.7. The van der Waals surface area contributed by atoms with Crippen LogP contribution in [0.5, 0.6) is 0 Å². The first-order valence-corrected chi connectivity index (χ1v) is 9.59. The van der Waals surface area contributed by atoms with E-state index in [-0.39, 0.29) is 6.61 Å². The third kappa shape index (κ3) is 8.03. The van der Waals surface area contributed by atoms with Gasteiger partial charge in [0.15, 0.2) is 9.76 Å². The Morgan fingerprint density at radius 3 is 2.18 bits per heavy atom. The van der Waals surface area contributed by atoms with Gasteiger partial charge in [0.25, 0.3) is 0 Å². The van der Waals surface area contributed by atoms with Crippen molar-refractivity contribution in [2.24, 2.45) is 0 Å². The molecule has 0 bridgehead atoms. The molecule has 0 aliphatic heterocycles. The quantitative estimate of drug-likeness (QED) is 0.418. The van der Waals surface area contributed by atoms with Crippen molar-refractivity contribution in [1.29, 1.82) is 0 Å². The highest BCUT2D eigenvalue weighted by molar-refractivity contribution is 6.60. The molecule has 0 atom stereocenters. The molecule has 0 rings (SSSR count). The Morgan fingerprint density at radius 2 is 1.65 bits per heavy atom. The van der Waals surface area contributed by atoms with Crippen LogP contribution < -0.4 is 0 Å². The molecule has 0 radical (unpaired) electrons. The monoisotopic (exact) mass is 282 g/mol. The fraction of sp³-hybridized carbons (Fsp3) is 1.00. The molecule has 0 aromatic carbocycles. The highest BCUT2D eigenvalue weighted by Crippen LogP contribution is 2.17. The highest BCUT2D eigenvalue weighted by atomic mass is 28.4. The maximum Gasteiger partial charge on any atom is 0.500 e. The zero-order valence-electron chi connectivity index (χ0n) is 11.2. The smallest absolute Gasteiger partial charge is 0.422 e. The molecule has 0 spiro atoms. The summed E-state index contributed by atoms with van der Waals surface area (Å²) in [4.78, 5) is 0. The van der Waals surface area contributed by atoms with E-state index < -0.39 is 18.6 Å². The van der Waals surface area contributed by atoms with Crippen molar-refractivity contribution in [1.82, 2.24) is 0 Å². The number of rotatable bonds is 12. The summed E-state index contributed by atoms with van der Waals surface area (Å²) >= 11 is 0. The molecule has 0 aromatic rings. The van der Waals surface area contributed by atoms with Crippen LogP contribution in [0.3, 0.4) is 0 Å². The zero-order chi connectivity index (χ0) is 13.0. The molecule has 0 fully saturated rings. The third-order valence-electron chi connectivity index (χ3n) is 2.69. The molecule has 0 aliphatic carbocycles. The van der Waals surface area contributed by atoms with Gasteiger partial charge in [-0.3, -0.25) is 0 Å². The van der Waals surface area contributed by atoms with Crippen molar-refractivity contribution in [2.45, 2.75) is 31.4 Å². The molecule has 1 N–H and O–H groups in total. The van der Waals surface area contributed by atoms with E-state index >= 15 is 0 Å². The van der Waals surface area contributed by atoms with Crippen LogP contribution in [-0.2, 0) is 17.7 Å². The number of unbranched alkanes of at least 4 members (excludes halogenated alkanes) is 2. The molecule has 0 amide bonds. The van der Waals surface area contributed by atoms with Crippen LogP contribution in [-0.4, -0.2) is 58.2 Å². The molecule has 7 heteroatoms. The maximum atomic E-state index is 8.54. The Balaban J connectivity index is 3.43. The zero-order valence-corrected chi connectivity index (χ0v) is 13.7. The Morgan fingerprint density at radius 1 is 1.00 bits per heavy atom. The summed E-state index contributed by atoms with van der Waals surface area (Å²) in [7, 11) is 2.17. The summed E-state index contributed by atoms with van der Waals surface area (Å²) < 4.78 is 21.4. The molecule has 0 unspecified atom stereocenters. The van der Waals surface area contributed by atoms with Crippen molar-refractivity contribution >= 4 is 18.6 Å². The number of hydrogen-bond donors (Lipinski definition) is 1. The van der Waals surface area contributed by atoms with E-state index in [4.69, 9.17) is 22.8 Å². The molecule has 5 nitrogen and oxygen atoms in total. The Bertz CT molecular complexity index is 159. The van der Waals surface area contributed by atoms with Crippen LogP contribution in [0.1, 0.15) is 19.3 Å². The minimum absolute atomic E-state index is 0.136. The van der Waals surface area contributed by atoms with Gasteiger partial charge in [-0.05, 0) is 12.5 Å². The van der Waals surface area contributed by atoms with Gasteiger partial charge in [-0.25, -0.2) is 0 Å². The fourth-order valence-electron chi connectivity index (χ4n) is 1.62. The summed E-state index contributed by atoms with van der Waals surface area (Å²) in [5.41, 5.74) is 0. The molecule has 0 saturated carbocycles. The molecular weight excluding hydrogens is 256 g/mol. The Labute approximate surface area is 108 Å². The largest absolute Gasteiger partial charge is 0.500 e.